The van der Waals surface area contributed by atoms with Gasteiger partial charge in [-0.05, 0) is 19.8 Å². The molecule has 100 valence electrons. The molecule has 0 spiro atoms. The molecule has 1 saturated heterocycles. The van der Waals surface area contributed by atoms with Crippen LogP contribution in [-0.2, 0) is 4.74 Å². The first-order chi connectivity index (χ1) is 8.72. The topological polar surface area (TPSA) is 102 Å². The number of anilines is 3. The van der Waals surface area contributed by atoms with Gasteiger partial charge in [-0.3, -0.25) is 0 Å². The minimum absolute atomic E-state index is 0.214. The Balaban J connectivity index is 2.12. The zero-order valence-electron chi connectivity index (χ0n) is 10.6. The Kier molecular flexibility index (Phi) is 4.16. The van der Waals surface area contributed by atoms with Crippen LogP contribution >= 0.6 is 0 Å². The molecule has 1 unspecified atom stereocenters. The van der Waals surface area contributed by atoms with Crippen LogP contribution in [0, 0.1) is 0 Å². The fraction of sp³-hybridized carbons (Fsp3) is 0.636. The van der Waals surface area contributed by atoms with E-state index in [1.165, 1.54) is 0 Å². The van der Waals surface area contributed by atoms with E-state index in [9.17, 15) is 0 Å². The normalized spacial score (nSPS) is 18.9. The molecule has 1 aliphatic rings. The van der Waals surface area contributed by atoms with Crippen LogP contribution in [0.3, 0.4) is 0 Å². The van der Waals surface area contributed by atoms with Gasteiger partial charge in [-0.25, -0.2) is 5.84 Å². The summed E-state index contributed by atoms with van der Waals surface area (Å²) in [5.41, 5.74) is 8.15. The Bertz CT molecular complexity index is 393. The second-order valence-corrected chi connectivity index (χ2v) is 4.29. The first-order valence-electron chi connectivity index (χ1n) is 6.20. The Hall–Kier alpha value is -1.60. The SMILES string of the molecule is CCN(CC1CCCO1)c1cc(NN)nc(N)n1. The lowest BCUT2D eigenvalue weighted by molar-refractivity contribution is 0.115. The third-order valence-corrected chi connectivity index (χ3v) is 3.03. The van der Waals surface area contributed by atoms with Gasteiger partial charge in [-0.15, -0.1) is 0 Å². The maximum absolute atomic E-state index is 5.66. The van der Waals surface area contributed by atoms with Crippen molar-refractivity contribution in [2.75, 3.05) is 35.8 Å². The average molecular weight is 252 g/mol. The van der Waals surface area contributed by atoms with Crippen molar-refractivity contribution in [1.29, 1.82) is 0 Å². The molecule has 1 aromatic heterocycles. The van der Waals surface area contributed by atoms with E-state index in [1.807, 2.05) is 0 Å². The van der Waals surface area contributed by atoms with Gasteiger partial charge in [0.25, 0.3) is 0 Å². The van der Waals surface area contributed by atoms with Crippen molar-refractivity contribution >= 4 is 17.6 Å². The predicted octanol–water partition coefficient (Wildman–Crippen LogP) is 0.350. The number of hydrogen-bond donors (Lipinski definition) is 3. The van der Waals surface area contributed by atoms with E-state index in [-0.39, 0.29) is 12.1 Å². The second-order valence-electron chi connectivity index (χ2n) is 4.29. The molecule has 2 rings (SSSR count). The van der Waals surface area contributed by atoms with Crippen molar-refractivity contribution in [1.82, 2.24) is 9.97 Å². The molecule has 1 fully saturated rings. The fourth-order valence-electron chi connectivity index (χ4n) is 2.11. The number of likely N-dealkylation sites (N-methyl/N-ethyl adjacent to an activating group) is 1. The third kappa shape index (κ3) is 2.99. The van der Waals surface area contributed by atoms with E-state index in [0.29, 0.717) is 5.82 Å². The number of hydrazine groups is 1. The summed E-state index contributed by atoms with van der Waals surface area (Å²) in [4.78, 5) is 10.3. The highest BCUT2D eigenvalue weighted by atomic mass is 16.5. The van der Waals surface area contributed by atoms with E-state index < -0.39 is 0 Å². The molecular weight excluding hydrogens is 232 g/mol. The molecule has 1 aliphatic heterocycles. The van der Waals surface area contributed by atoms with Gasteiger partial charge in [-0.2, -0.15) is 9.97 Å². The van der Waals surface area contributed by atoms with E-state index >= 15 is 0 Å². The Labute approximate surface area is 106 Å². The van der Waals surface area contributed by atoms with Gasteiger partial charge in [0.05, 0.1) is 6.10 Å². The van der Waals surface area contributed by atoms with E-state index in [4.69, 9.17) is 16.3 Å². The molecule has 1 aromatic rings. The Morgan fingerprint density at radius 1 is 1.56 bits per heavy atom. The number of nitrogens with two attached hydrogens (primary N) is 2. The molecule has 0 amide bonds. The maximum Gasteiger partial charge on any atom is 0.223 e. The number of nitrogen functional groups attached to an aromatic ring is 2. The maximum atomic E-state index is 5.66. The molecule has 5 N–H and O–H groups in total. The molecule has 0 bridgehead atoms. The van der Waals surface area contributed by atoms with Crippen LogP contribution in [0.5, 0.6) is 0 Å². The Morgan fingerprint density at radius 3 is 3.00 bits per heavy atom. The van der Waals surface area contributed by atoms with Crippen LogP contribution in [0.4, 0.5) is 17.6 Å². The number of hydrogen-bond acceptors (Lipinski definition) is 7. The van der Waals surface area contributed by atoms with Gasteiger partial charge in [0.1, 0.15) is 11.6 Å². The zero-order valence-corrected chi connectivity index (χ0v) is 10.6. The van der Waals surface area contributed by atoms with Crippen molar-refractivity contribution in [2.45, 2.75) is 25.9 Å². The van der Waals surface area contributed by atoms with Crippen LogP contribution in [0.15, 0.2) is 6.07 Å². The monoisotopic (exact) mass is 252 g/mol. The first-order valence-corrected chi connectivity index (χ1v) is 6.20. The van der Waals surface area contributed by atoms with Crippen molar-refractivity contribution in [2.24, 2.45) is 5.84 Å². The van der Waals surface area contributed by atoms with Gasteiger partial charge in [-0.1, -0.05) is 0 Å². The highest BCUT2D eigenvalue weighted by molar-refractivity contribution is 5.52. The number of nitrogens with one attached hydrogen (secondary N) is 1. The summed E-state index contributed by atoms with van der Waals surface area (Å²) in [6.07, 6.45) is 2.50. The summed E-state index contributed by atoms with van der Waals surface area (Å²) in [7, 11) is 0. The molecule has 0 radical (unpaired) electrons. The standard InChI is InChI=1S/C11H20N6O/c1-2-17(7-8-4-3-5-18-8)10-6-9(16-13)14-11(12)15-10/h6,8H,2-5,7,13H2,1H3,(H3,12,14,15,16). The number of ether oxygens (including phenoxy) is 1. The molecule has 18 heavy (non-hydrogen) atoms. The predicted molar refractivity (Wildman–Crippen MR) is 71.1 cm³/mol. The van der Waals surface area contributed by atoms with Gasteiger partial charge in [0.15, 0.2) is 0 Å². The minimum atomic E-state index is 0.214. The van der Waals surface area contributed by atoms with Crippen LogP contribution in [0.25, 0.3) is 0 Å². The highest BCUT2D eigenvalue weighted by Gasteiger charge is 2.19. The smallest absolute Gasteiger partial charge is 0.223 e. The summed E-state index contributed by atoms with van der Waals surface area (Å²) < 4.78 is 5.64. The lowest BCUT2D eigenvalue weighted by atomic mass is 10.2. The lowest BCUT2D eigenvalue weighted by Gasteiger charge is -2.25. The van der Waals surface area contributed by atoms with E-state index in [1.54, 1.807) is 6.07 Å². The molecule has 0 aromatic carbocycles. The van der Waals surface area contributed by atoms with Crippen molar-refractivity contribution in [3.05, 3.63) is 6.07 Å². The number of aromatic nitrogens is 2. The summed E-state index contributed by atoms with van der Waals surface area (Å²) in [5, 5.41) is 0. The lowest BCUT2D eigenvalue weighted by Crippen LogP contribution is -2.33. The largest absolute Gasteiger partial charge is 0.376 e. The van der Waals surface area contributed by atoms with E-state index in [0.717, 1.165) is 38.4 Å². The molecule has 7 nitrogen and oxygen atoms in total. The molecule has 2 heterocycles. The van der Waals surface area contributed by atoms with E-state index in [2.05, 4.69) is 27.2 Å². The minimum Gasteiger partial charge on any atom is -0.376 e. The van der Waals surface area contributed by atoms with Gasteiger partial charge in [0, 0.05) is 25.8 Å². The summed E-state index contributed by atoms with van der Waals surface area (Å²) in [6, 6.07) is 1.79. The number of rotatable bonds is 5. The summed E-state index contributed by atoms with van der Waals surface area (Å²) in [6.45, 7) is 4.57. The average Bonchev–Trinajstić information content (AvgIpc) is 2.88. The molecule has 7 heteroatoms. The fourth-order valence-corrected chi connectivity index (χ4v) is 2.11. The van der Waals surface area contributed by atoms with Gasteiger partial charge in [0.2, 0.25) is 5.95 Å². The molecule has 0 saturated carbocycles. The molecule has 0 aliphatic carbocycles. The molecular formula is C11H20N6O. The first kappa shape index (κ1) is 12.8. The highest BCUT2D eigenvalue weighted by Crippen LogP contribution is 2.20. The third-order valence-electron chi connectivity index (χ3n) is 3.03. The van der Waals surface area contributed by atoms with Crippen LogP contribution in [0.2, 0.25) is 0 Å². The molecule has 1 atom stereocenters. The quantitative estimate of drug-likeness (QED) is 0.513. The van der Waals surface area contributed by atoms with Crippen LogP contribution < -0.4 is 21.9 Å². The second kappa shape index (κ2) is 5.83. The summed E-state index contributed by atoms with van der Waals surface area (Å²) in [5.74, 6) is 6.86. The van der Waals surface area contributed by atoms with Crippen molar-refractivity contribution in [3.8, 4) is 0 Å². The number of nitrogens with zero attached hydrogens (tertiary/aromatic N) is 3. The van der Waals surface area contributed by atoms with Crippen molar-refractivity contribution < 1.29 is 4.74 Å². The van der Waals surface area contributed by atoms with Gasteiger partial charge >= 0.3 is 0 Å². The summed E-state index contributed by atoms with van der Waals surface area (Å²) >= 11 is 0. The van der Waals surface area contributed by atoms with Gasteiger partial charge < -0.3 is 20.8 Å². The van der Waals surface area contributed by atoms with Crippen LogP contribution in [-0.4, -0.2) is 35.8 Å². The van der Waals surface area contributed by atoms with Crippen molar-refractivity contribution in [3.63, 3.8) is 0 Å². The zero-order chi connectivity index (χ0) is 13.0. The Morgan fingerprint density at radius 2 is 2.39 bits per heavy atom. The van der Waals surface area contributed by atoms with Crippen LogP contribution in [0.1, 0.15) is 19.8 Å².